The maximum Gasteiger partial charge on any atom is 0.416 e. The minimum Gasteiger partial charge on any atom is -0.323 e. The molecule has 0 bridgehead atoms. The molecule has 0 spiro atoms. The van der Waals surface area contributed by atoms with Gasteiger partial charge >= 0.3 is 12.2 Å². The van der Waals surface area contributed by atoms with Crippen molar-refractivity contribution in [3.63, 3.8) is 0 Å². The highest BCUT2D eigenvalue weighted by Crippen LogP contribution is 2.36. The van der Waals surface area contributed by atoms with E-state index in [1.807, 2.05) is 0 Å². The molecule has 0 N–H and O–H groups in total. The molecule has 0 aliphatic carbocycles. The van der Waals surface area contributed by atoms with E-state index in [4.69, 9.17) is 0 Å². The van der Waals surface area contributed by atoms with E-state index < -0.39 is 17.8 Å². The molecule has 0 atom stereocenters. The van der Waals surface area contributed by atoms with Gasteiger partial charge in [-0.15, -0.1) is 0 Å². The molecule has 1 aliphatic heterocycles. The third-order valence-electron chi connectivity index (χ3n) is 3.44. The number of carbonyl (C=O) groups is 1. The zero-order chi connectivity index (χ0) is 15.9. The summed E-state index contributed by atoms with van der Waals surface area (Å²) in [5, 5.41) is 0. The van der Waals surface area contributed by atoms with Crippen LogP contribution in [0.2, 0.25) is 0 Å². The summed E-state index contributed by atoms with van der Waals surface area (Å²) < 4.78 is 38.6. The van der Waals surface area contributed by atoms with Gasteiger partial charge in [0.05, 0.1) is 17.8 Å². The van der Waals surface area contributed by atoms with Crippen LogP contribution >= 0.6 is 0 Å². The van der Waals surface area contributed by atoms with Crippen molar-refractivity contribution in [3.05, 3.63) is 53.7 Å². The van der Waals surface area contributed by atoms with E-state index in [1.54, 1.807) is 19.2 Å². The molecule has 0 saturated heterocycles. The number of hydrogen-bond acceptors (Lipinski definition) is 2. The molecule has 4 nitrogen and oxygen atoms in total. The molecule has 0 saturated carbocycles. The van der Waals surface area contributed by atoms with Crippen molar-refractivity contribution in [1.29, 1.82) is 0 Å². The van der Waals surface area contributed by atoms with E-state index in [9.17, 15) is 18.0 Å². The van der Waals surface area contributed by atoms with Crippen molar-refractivity contribution >= 4 is 17.5 Å². The van der Waals surface area contributed by atoms with Gasteiger partial charge in [-0.3, -0.25) is 0 Å². The molecular weight excluding hydrogens is 295 g/mol. The van der Waals surface area contributed by atoms with E-state index in [0.29, 0.717) is 12.4 Å². The number of carbonyl (C=O) groups excluding carboxylic acids is 1. The average molecular weight is 307 g/mol. The van der Waals surface area contributed by atoms with Crippen molar-refractivity contribution in [2.45, 2.75) is 12.7 Å². The lowest BCUT2D eigenvalue weighted by molar-refractivity contribution is -0.137. The standard InChI is InChI=1S/C15H12F3N3O/c1-20-9-10-4-3-7-19-13(10)21(14(20)22)12-6-2-5-11(8-12)15(16,17)18/h2-8H,9H2,1H3. The molecule has 0 radical (unpaired) electrons. The molecule has 114 valence electrons. The number of amides is 2. The van der Waals surface area contributed by atoms with Crippen LogP contribution in [0.15, 0.2) is 42.6 Å². The Morgan fingerprint density at radius 3 is 2.68 bits per heavy atom. The van der Waals surface area contributed by atoms with Gasteiger partial charge in [0.15, 0.2) is 0 Å². The van der Waals surface area contributed by atoms with Crippen LogP contribution in [-0.4, -0.2) is 23.0 Å². The first-order valence-corrected chi connectivity index (χ1v) is 6.54. The SMILES string of the molecule is CN1Cc2cccnc2N(c2cccc(C(F)(F)F)c2)C1=O. The van der Waals surface area contributed by atoms with E-state index in [-0.39, 0.29) is 5.69 Å². The number of nitrogens with zero attached hydrogens (tertiary/aromatic N) is 3. The number of rotatable bonds is 1. The average Bonchev–Trinajstić information content (AvgIpc) is 2.48. The summed E-state index contributed by atoms with van der Waals surface area (Å²) in [6.45, 7) is 0.372. The summed E-state index contributed by atoms with van der Waals surface area (Å²) >= 11 is 0. The second kappa shape index (κ2) is 5.01. The van der Waals surface area contributed by atoms with Gasteiger partial charge in [-0.1, -0.05) is 12.1 Å². The monoisotopic (exact) mass is 307 g/mol. The quantitative estimate of drug-likeness (QED) is 0.803. The summed E-state index contributed by atoms with van der Waals surface area (Å²) in [6.07, 6.45) is -2.95. The lowest BCUT2D eigenvalue weighted by Crippen LogP contribution is -2.43. The number of alkyl halides is 3. The third-order valence-corrected chi connectivity index (χ3v) is 3.44. The highest BCUT2D eigenvalue weighted by molar-refractivity contribution is 6.00. The molecular formula is C15H12F3N3O. The van der Waals surface area contributed by atoms with Gasteiger partial charge in [-0.25, -0.2) is 14.7 Å². The number of fused-ring (bicyclic) bond motifs is 1. The normalized spacial score (nSPS) is 15.0. The van der Waals surface area contributed by atoms with Crippen LogP contribution in [0.5, 0.6) is 0 Å². The number of hydrogen-bond donors (Lipinski definition) is 0. The number of halogens is 3. The fraction of sp³-hybridized carbons (Fsp3) is 0.200. The van der Waals surface area contributed by atoms with Gasteiger partial charge in [-0.05, 0) is 24.3 Å². The van der Waals surface area contributed by atoms with Crippen molar-refractivity contribution in [1.82, 2.24) is 9.88 Å². The van der Waals surface area contributed by atoms with Crippen molar-refractivity contribution < 1.29 is 18.0 Å². The molecule has 2 amide bonds. The number of urea groups is 1. The zero-order valence-electron chi connectivity index (χ0n) is 11.6. The molecule has 0 unspecified atom stereocenters. The first kappa shape index (κ1) is 14.4. The van der Waals surface area contributed by atoms with E-state index >= 15 is 0 Å². The van der Waals surface area contributed by atoms with Gasteiger partial charge < -0.3 is 4.90 Å². The minimum atomic E-state index is -4.46. The first-order chi connectivity index (χ1) is 10.4. The Morgan fingerprint density at radius 1 is 1.18 bits per heavy atom. The van der Waals surface area contributed by atoms with Gasteiger partial charge in [0.1, 0.15) is 5.82 Å². The summed E-state index contributed by atoms with van der Waals surface area (Å²) in [5.41, 5.74) is 0.122. The van der Waals surface area contributed by atoms with Gasteiger partial charge in [-0.2, -0.15) is 13.2 Å². The highest BCUT2D eigenvalue weighted by Gasteiger charge is 2.34. The Hall–Kier alpha value is -2.57. The molecule has 1 aromatic heterocycles. The first-order valence-electron chi connectivity index (χ1n) is 6.54. The fourth-order valence-electron chi connectivity index (χ4n) is 2.39. The summed E-state index contributed by atoms with van der Waals surface area (Å²) in [6, 6.07) is 7.79. The largest absolute Gasteiger partial charge is 0.416 e. The van der Waals surface area contributed by atoms with Gasteiger partial charge in [0.25, 0.3) is 0 Å². The number of benzene rings is 1. The minimum absolute atomic E-state index is 0.145. The number of aromatic nitrogens is 1. The Kier molecular flexibility index (Phi) is 3.27. The molecule has 1 aromatic carbocycles. The van der Waals surface area contributed by atoms with E-state index in [2.05, 4.69) is 4.98 Å². The van der Waals surface area contributed by atoms with Gasteiger partial charge in [0.2, 0.25) is 0 Å². The Bertz CT molecular complexity index is 730. The Morgan fingerprint density at radius 2 is 1.95 bits per heavy atom. The molecule has 22 heavy (non-hydrogen) atoms. The molecule has 2 heterocycles. The van der Waals surface area contributed by atoms with E-state index in [0.717, 1.165) is 17.7 Å². The summed E-state index contributed by atoms with van der Waals surface area (Å²) in [7, 11) is 1.60. The van der Waals surface area contributed by atoms with Crippen LogP contribution in [0.25, 0.3) is 0 Å². The predicted octanol–water partition coefficient (Wildman–Crippen LogP) is 3.80. The van der Waals surface area contributed by atoms with E-state index in [1.165, 1.54) is 28.1 Å². The second-order valence-electron chi connectivity index (χ2n) is 5.01. The van der Waals surface area contributed by atoms with Crippen LogP contribution in [0.3, 0.4) is 0 Å². The van der Waals surface area contributed by atoms with Crippen molar-refractivity contribution in [2.24, 2.45) is 0 Å². The fourth-order valence-corrected chi connectivity index (χ4v) is 2.39. The molecule has 2 aromatic rings. The van der Waals surface area contributed by atoms with Crippen LogP contribution in [0.1, 0.15) is 11.1 Å². The lowest BCUT2D eigenvalue weighted by Gasteiger charge is -2.34. The van der Waals surface area contributed by atoms with Crippen molar-refractivity contribution in [3.8, 4) is 0 Å². The maximum atomic E-state index is 12.9. The Balaban J connectivity index is 2.13. The third kappa shape index (κ3) is 2.38. The summed E-state index contributed by atoms with van der Waals surface area (Å²) in [5.74, 6) is 0.366. The lowest BCUT2D eigenvalue weighted by atomic mass is 10.1. The zero-order valence-corrected chi connectivity index (χ0v) is 11.6. The maximum absolute atomic E-state index is 12.9. The van der Waals surface area contributed by atoms with Crippen LogP contribution < -0.4 is 4.90 Å². The molecule has 1 aliphatic rings. The molecule has 3 rings (SSSR count). The smallest absolute Gasteiger partial charge is 0.323 e. The van der Waals surface area contributed by atoms with Gasteiger partial charge in [0, 0.05) is 18.8 Å². The van der Waals surface area contributed by atoms with Crippen LogP contribution in [0, 0.1) is 0 Å². The van der Waals surface area contributed by atoms with Crippen LogP contribution in [0.4, 0.5) is 29.5 Å². The summed E-state index contributed by atoms with van der Waals surface area (Å²) in [4.78, 5) is 19.2. The number of pyridine rings is 1. The second-order valence-corrected chi connectivity index (χ2v) is 5.01. The van der Waals surface area contributed by atoms with Crippen molar-refractivity contribution in [2.75, 3.05) is 11.9 Å². The molecule has 7 heteroatoms. The van der Waals surface area contributed by atoms with Crippen LogP contribution in [-0.2, 0) is 12.7 Å². The predicted molar refractivity (Wildman–Crippen MR) is 74.7 cm³/mol. The Labute approximate surface area is 124 Å². The topological polar surface area (TPSA) is 36.4 Å². The highest BCUT2D eigenvalue weighted by atomic mass is 19.4. The molecule has 0 fully saturated rings. The number of anilines is 2.